The van der Waals surface area contributed by atoms with Crippen LogP contribution >= 0.6 is 22.2 Å². The molecule has 0 N–H and O–H groups in total. The maximum Gasteiger partial charge on any atom is 0.122 e. The molecule has 0 nitrogen and oxygen atoms in total. The minimum Gasteiger partial charge on any atom is -0.176 e. The molecule has 0 saturated heterocycles. The van der Waals surface area contributed by atoms with Crippen LogP contribution in [0.15, 0.2) is 0 Å². The Balaban J connectivity index is 0. The monoisotopic (exact) mass is 160 g/mol. The lowest BCUT2D eigenvalue weighted by Crippen LogP contribution is -1.45. The van der Waals surface area contributed by atoms with Gasteiger partial charge in [-0.15, -0.1) is 0 Å². The van der Waals surface area contributed by atoms with Crippen molar-refractivity contribution < 1.29 is 0 Å². The topological polar surface area (TPSA) is 0 Å². The highest BCUT2D eigenvalue weighted by atomic mass is 35.6. The van der Waals surface area contributed by atoms with Crippen LogP contribution in [0, 0.1) is 0 Å². The number of hydrogen-bond acceptors (Lipinski definition) is 0. The van der Waals surface area contributed by atoms with Crippen molar-refractivity contribution in [1.82, 2.24) is 0 Å². The highest BCUT2D eigenvalue weighted by Gasteiger charge is 1.43. The fourth-order valence-corrected chi connectivity index (χ4v) is 0. The fraction of sp³-hybridized carbons (Fsp3) is 1.00. The van der Waals surface area contributed by atoms with E-state index in [0.717, 1.165) is 0 Å². The largest absolute Gasteiger partial charge is 0.176 e. The molecule has 0 heterocycles. The van der Waals surface area contributed by atoms with Crippen LogP contribution in [0.25, 0.3) is 0 Å². The second kappa shape index (κ2) is 16.6. The summed E-state index contributed by atoms with van der Waals surface area (Å²) in [5.74, 6) is 0. The Hall–Kier alpha value is 1.01. The summed E-state index contributed by atoms with van der Waals surface area (Å²) in [6, 6.07) is 0. The van der Waals surface area contributed by atoms with E-state index >= 15 is 0 Å². The third kappa shape index (κ3) is 78.6. The first kappa shape index (κ1) is 10.1. The van der Waals surface area contributed by atoms with Crippen molar-refractivity contribution in [3.8, 4) is 0 Å². The Bertz CT molecular complexity index is 11.5. The molecular formula is C2H10Cl2Si2. The Morgan fingerprint density at radius 3 is 1.00 bits per heavy atom. The van der Waals surface area contributed by atoms with Gasteiger partial charge in [-0.1, -0.05) is 13.1 Å². The summed E-state index contributed by atoms with van der Waals surface area (Å²) < 4.78 is 0. The smallest absolute Gasteiger partial charge is 0.122 e. The Morgan fingerprint density at radius 1 is 1.00 bits per heavy atom. The summed E-state index contributed by atoms with van der Waals surface area (Å²) >= 11 is 10.3. The van der Waals surface area contributed by atoms with Gasteiger partial charge in [0, 0.05) is 0 Å². The van der Waals surface area contributed by atoms with Crippen molar-refractivity contribution in [2.75, 3.05) is 0 Å². The van der Waals surface area contributed by atoms with Gasteiger partial charge in [-0.3, -0.25) is 0 Å². The average molecular weight is 161 g/mol. The highest BCUT2D eigenvalue weighted by Crippen LogP contribution is 1.55. The zero-order valence-corrected chi connectivity index (χ0v) is 8.51. The number of rotatable bonds is 0. The molecule has 0 spiro atoms. The van der Waals surface area contributed by atoms with E-state index in [2.05, 4.69) is 0 Å². The molecule has 0 aromatic carbocycles. The van der Waals surface area contributed by atoms with Crippen molar-refractivity contribution in [3.63, 3.8) is 0 Å². The van der Waals surface area contributed by atoms with Gasteiger partial charge in [0.2, 0.25) is 0 Å². The maximum atomic E-state index is 5.14. The molecule has 0 aromatic rings. The zero-order chi connectivity index (χ0) is 5.41. The second-order valence-electron chi connectivity index (χ2n) is 0.535. The van der Waals surface area contributed by atoms with Gasteiger partial charge in [-0.25, -0.2) is 0 Å². The highest BCUT2D eigenvalue weighted by molar-refractivity contribution is 6.93. The summed E-state index contributed by atoms with van der Waals surface area (Å²) in [5.41, 5.74) is 0. The van der Waals surface area contributed by atoms with Gasteiger partial charge in [0.05, 0.1) is 0 Å². The fourth-order valence-electron chi connectivity index (χ4n) is 0. The van der Waals surface area contributed by atoms with Gasteiger partial charge in [0.15, 0.2) is 0 Å². The Labute approximate surface area is 53.3 Å². The summed E-state index contributed by atoms with van der Waals surface area (Å²) in [7, 11) is -0.222. The van der Waals surface area contributed by atoms with Crippen LogP contribution in [0.1, 0.15) is 0 Å². The Morgan fingerprint density at radius 2 is 1.00 bits per heavy atom. The summed E-state index contributed by atoms with van der Waals surface area (Å²) in [4.78, 5) is 0. The molecule has 0 amide bonds. The number of halogens is 2. The molecule has 0 saturated carbocycles. The first-order valence-corrected chi connectivity index (χ1v) is 9.05. The lowest BCUT2D eigenvalue weighted by atomic mass is 11.9. The SMILES string of the molecule is C[SiH2]Cl.C[SiH2]Cl. The third-order valence-corrected chi connectivity index (χ3v) is 0. The normalized spacial score (nSPS) is 10.0. The van der Waals surface area contributed by atoms with E-state index in [9.17, 15) is 0 Å². The molecule has 0 aliphatic carbocycles. The standard InChI is InChI=1S/2CH5ClSi/c2*1-3-2/h2*3H2,1H3. The van der Waals surface area contributed by atoms with Gasteiger partial charge in [-0.2, -0.15) is 22.2 Å². The van der Waals surface area contributed by atoms with E-state index in [-0.39, 0.29) is 17.7 Å². The van der Waals surface area contributed by atoms with E-state index in [1.54, 1.807) is 0 Å². The molecule has 6 heavy (non-hydrogen) atoms. The van der Waals surface area contributed by atoms with Crippen LogP contribution in [-0.2, 0) is 0 Å². The molecule has 4 heteroatoms. The van der Waals surface area contributed by atoms with Crippen molar-refractivity contribution in [3.05, 3.63) is 0 Å². The van der Waals surface area contributed by atoms with Crippen LogP contribution < -0.4 is 0 Å². The van der Waals surface area contributed by atoms with Crippen molar-refractivity contribution in [1.29, 1.82) is 0 Å². The van der Waals surface area contributed by atoms with E-state index in [1.165, 1.54) is 0 Å². The van der Waals surface area contributed by atoms with Crippen LogP contribution in [0.5, 0.6) is 0 Å². The van der Waals surface area contributed by atoms with Crippen LogP contribution in [0.4, 0.5) is 0 Å². The van der Waals surface area contributed by atoms with Gasteiger partial charge in [-0.05, 0) is 0 Å². The van der Waals surface area contributed by atoms with Crippen LogP contribution in [0.3, 0.4) is 0 Å². The molecule has 0 fully saturated rings. The van der Waals surface area contributed by atoms with Gasteiger partial charge < -0.3 is 0 Å². The van der Waals surface area contributed by atoms with Gasteiger partial charge in [0.1, 0.15) is 17.7 Å². The molecule has 0 unspecified atom stereocenters. The summed E-state index contributed by atoms with van der Waals surface area (Å²) in [5, 5.41) is 0. The predicted octanol–water partition coefficient (Wildman–Crippen LogP) is 0.714. The molecule has 40 valence electrons. The lowest BCUT2D eigenvalue weighted by Gasteiger charge is -1.42. The average Bonchev–Trinajstić information content (AvgIpc) is 1.39. The van der Waals surface area contributed by atoms with Gasteiger partial charge >= 0.3 is 0 Å². The molecule has 0 radical (unpaired) electrons. The van der Waals surface area contributed by atoms with E-state index in [1.807, 2.05) is 13.1 Å². The van der Waals surface area contributed by atoms with Crippen molar-refractivity contribution in [2.24, 2.45) is 0 Å². The molecule has 0 bridgehead atoms. The summed E-state index contributed by atoms with van der Waals surface area (Å²) in [6.07, 6.45) is 0. The minimum absolute atomic E-state index is 0.111. The van der Waals surface area contributed by atoms with Crippen molar-refractivity contribution in [2.45, 2.75) is 13.1 Å². The molecule has 0 aliphatic rings. The van der Waals surface area contributed by atoms with Crippen LogP contribution in [-0.4, -0.2) is 17.7 Å². The quantitative estimate of drug-likeness (QED) is 0.362. The predicted molar refractivity (Wildman–Crippen MR) is 40.5 cm³/mol. The summed E-state index contributed by atoms with van der Waals surface area (Å²) in [6.45, 7) is 4.06. The molecule has 0 atom stereocenters. The van der Waals surface area contributed by atoms with E-state index in [4.69, 9.17) is 22.2 Å². The second-order valence-corrected chi connectivity index (χ2v) is 4.81. The van der Waals surface area contributed by atoms with Crippen molar-refractivity contribution >= 4 is 39.8 Å². The third-order valence-electron chi connectivity index (χ3n) is 0. The Kier molecular flexibility index (Phi) is 28.0. The molecule has 0 aliphatic heterocycles. The van der Waals surface area contributed by atoms with Crippen LogP contribution in [0.2, 0.25) is 13.1 Å². The first-order valence-electron chi connectivity index (χ1n) is 1.95. The first-order chi connectivity index (χ1) is 2.83. The minimum atomic E-state index is -0.111. The molecular weight excluding hydrogens is 151 g/mol. The van der Waals surface area contributed by atoms with Gasteiger partial charge in [0.25, 0.3) is 0 Å². The maximum absolute atomic E-state index is 5.14. The van der Waals surface area contributed by atoms with E-state index < -0.39 is 0 Å². The molecule has 0 aromatic heterocycles. The van der Waals surface area contributed by atoms with E-state index in [0.29, 0.717) is 0 Å². The molecule has 0 rings (SSSR count). The zero-order valence-electron chi connectivity index (χ0n) is 4.17. The number of hydrogen-bond donors (Lipinski definition) is 0. The lowest BCUT2D eigenvalue weighted by molar-refractivity contribution is 2.37.